The van der Waals surface area contributed by atoms with Gasteiger partial charge in [0, 0.05) is 0 Å². The summed E-state index contributed by atoms with van der Waals surface area (Å²) in [6.07, 6.45) is 2.34. The van der Waals surface area contributed by atoms with Crippen LogP contribution in [0.1, 0.15) is 50.7 Å². The quantitative estimate of drug-likeness (QED) is 0.358. The van der Waals surface area contributed by atoms with Gasteiger partial charge in [0.15, 0.2) is 0 Å². The summed E-state index contributed by atoms with van der Waals surface area (Å²) in [4.78, 5) is 18.4. The molecule has 0 amide bonds. The van der Waals surface area contributed by atoms with Gasteiger partial charge in [-0.2, -0.15) is 0 Å². The summed E-state index contributed by atoms with van der Waals surface area (Å²) in [6, 6.07) is 16.5. The third-order valence-corrected chi connectivity index (χ3v) is 3.73. The smallest absolute Gasteiger partial charge is 0.249 e. The van der Waals surface area contributed by atoms with E-state index in [1.54, 1.807) is 0 Å². The second kappa shape index (κ2) is 11.8. The van der Waals surface area contributed by atoms with Crippen LogP contribution in [0.5, 0.6) is 11.5 Å². The standard InChI is InChI=1S/C18H22O.C2N2O2S/c1-13(2)15-10-16(14(3)4)12-18(11-15)19-17-8-6-5-7-9-17;5-1-3-7-4-2-6/h5-14H,1-4H3;. The van der Waals surface area contributed by atoms with E-state index >= 15 is 0 Å². The molecule has 0 aromatic heterocycles. The molecule has 0 unspecified atom stereocenters. The molecule has 0 fully saturated rings. The molecule has 136 valence electrons. The van der Waals surface area contributed by atoms with Crippen molar-refractivity contribution in [2.75, 3.05) is 0 Å². The van der Waals surface area contributed by atoms with E-state index in [1.165, 1.54) is 23.3 Å². The Morgan fingerprint density at radius 3 is 1.73 bits per heavy atom. The van der Waals surface area contributed by atoms with E-state index < -0.39 is 0 Å². The van der Waals surface area contributed by atoms with Crippen LogP contribution in [0.3, 0.4) is 0 Å². The molecule has 2 rings (SSSR count). The number of nitrogens with zero attached hydrogens (tertiary/aromatic N) is 2. The fraction of sp³-hybridized carbons (Fsp3) is 0.300. The Hall–Kier alpha value is -2.65. The van der Waals surface area contributed by atoms with Gasteiger partial charge in [-0.25, -0.2) is 9.59 Å². The maximum Gasteiger partial charge on any atom is 0.249 e. The van der Waals surface area contributed by atoms with Gasteiger partial charge in [0.25, 0.3) is 0 Å². The molecule has 5 nitrogen and oxygen atoms in total. The van der Waals surface area contributed by atoms with Crippen molar-refractivity contribution in [2.45, 2.75) is 39.5 Å². The average Bonchev–Trinajstić information content (AvgIpc) is 2.63. The molecular formula is C20H22N2O3S. The Bertz CT molecular complexity index is 737. The van der Waals surface area contributed by atoms with Crippen molar-refractivity contribution in [3.05, 3.63) is 59.7 Å². The molecule has 0 spiro atoms. The van der Waals surface area contributed by atoms with Gasteiger partial charge in [0.05, 0.1) is 0 Å². The summed E-state index contributed by atoms with van der Waals surface area (Å²) in [5.74, 6) is 2.84. The Balaban J connectivity index is 0.000000412. The fourth-order valence-electron chi connectivity index (χ4n) is 2.05. The summed E-state index contributed by atoms with van der Waals surface area (Å²) in [5.41, 5.74) is 2.66. The number of benzene rings is 2. The zero-order valence-electron chi connectivity index (χ0n) is 15.3. The first-order valence-electron chi connectivity index (χ1n) is 8.16. The van der Waals surface area contributed by atoms with E-state index in [1.807, 2.05) is 30.3 Å². The van der Waals surface area contributed by atoms with Crippen molar-refractivity contribution in [2.24, 2.45) is 8.80 Å². The Labute approximate surface area is 158 Å². The van der Waals surface area contributed by atoms with Crippen molar-refractivity contribution in [3.8, 4) is 11.5 Å². The minimum Gasteiger partial charge on any atom is -0.457 e. The van der Waals surface area contributed by atoms with Crippen LogP contribution in [0.4, 0.5) is 0 Å². The minimum atomic E-state index is 0.456. The molecule has 0 aliphatic carbocycles. The van der Waals surface area contributed by atoms with E-state index in [9.17, 15) is 9.59 Å². The molecule has 0 saturated heterocycles. The molecule has 0 bridgehead atoms. The van der Waals surface area contributed by atoms with Crippen LogP contribution >= 0.6 is 12.1 Å². The molecule has 6 heteroatoms. The summed E-state index contributed by atoms with van der Waals surface area (Å²) in [5, 5.41) is 0. The van der Waals surface area contributed by atoms with E-state index in [2.05, 4.69) is 54.7 Å². The number of para-hydroxylation sites is 1. The second-order valence-corrected chi connectivity index (χ2v) is 6.54. The van der Waals surface area contributed by atoms with Crippen molar-refractivity contribution in [1.29, 1.82) is 0 Å². The van der Waals surface area contributed by atoms with Gasteiger partial charge < -0.3 is 4.74 Å². The number of rotatable bonds is 6. The number of hydrogen-bond acceptors (Lipinski definition) is 6. The van der Waals surface area contributed by atoms with Gasteiger partial charge in [0.2, 0.25) is 12.2 Å². The number of carbonyl (C=O) groups excluding carboxylic acids is 2. The lowest BCUT2D eigenvalue weighted by Gasteiger charge is -2.15. The monoisotopic (exact) mass is 370 g/mol. The first-order valence-corrected chi connectivity index (χ1v) is 8.89. The molecule has 0 aliphatic rings. The second-order valence-electron chi connectivity index (χ2n) is 6.01. The van der Waals surface area contributed by atoms with E-state index in [0.717, 1.165) is 11.5 Å². The Kier molecular flexibility index (Phi) is 9.73. The molecule has 0 heterocycles. The van der Waals surface area contributed by atoms with Crippen molar-refractivity contribution in [3.63, 3.8) is 0 Å². The average molecular weight is 370 g/mol. The highest BCUT2D eigenvalue weighted by Crippen LogP contribution is 2.29. The lowest BCUT2D eigenvalue weighted by Crippen LogP contribution is -1.95. The van der Waals surface area contributed by atoms with Crippen LogP contribution in [0.15, 0.2) is 57.3 Å². The molecule has 0 saturated carbocycles. The maximum atomic E-state index is 9.18. The predicted octanol–water partition coefficient (Wildman–Crippen LogP) is 5.95. The molecular weight excluding hydrogens is 348 g/mol. The predicted molar refractivity (Wildman–Crippen MR) is 105 cm³/mol. The largest absolute Gasteiger partial charge is 0.457 e. The third-order valence-electron chi connectivity index (χ3n) is 3.42. The molecule has 0 N–H and O–H groups in total. The Morgan fingerprint density at radius 2 is 1.31 bits per heavy atom. The van der Waals surface area contributed by atoms with Crippen LogP contribution in [-0.2, 0) is 9.59 Å². The lowest BCUT2D eigenvalue weighted by atomic mass is 9.95. The number of ether oxygens (including phenoxy) is 1. The highest BCUT2D eigenvalue weighted by Gasteiger charge is 2.08. The molecule has 0 radical (unpaired) electrons. The van der Waals surface area contributed by atoms with Gasteiger partial charge >= 0.3 is 0 Å². The summed E-state index contributed by atoms with van der Waals surface area (Å²) in [6.45, 7) is 8.86. The summed E-state index contributed by atoms with van der Waals surface area (Å²) in [7, 11) is 0. The number of hydrogen-bond donors (Lipinski definition) is 0. The summed E-state index contributed by atoms with van der Waals surface area (Å²) >= 11 is 0.456. The number of isocyanates is 2. The normalized spacial score (nSPS) is 9.62. The van der Waals surface area contributed by atoms with Crippen LogP contribution in [0, 0.1) is 0 Å². The van der Waals surface area contributed by atoms with Gasteiger partial charge in [-0.3, -0.25) is 0 Å². The molecule has 26 heavy (non-hydrogen) atoms. The first kappa shape index (κ1) is 21.4. The van der Waals surface area contributed by atoms with Gasteiger partial charge in [-0.15, -0.1) is 8.80 Å². The highest BCUT2D eigenvalue weighted by molar-refractivity contribution is 7.96. The zero-order chi connectivity index (χ0) is 19.4. The molecule has 0 aliphatic heterocycles. The SMILES string of the molecule is CC(C)c1cc(Oc2ccccc2)cc(C(C)C)c1.O=C=NSN=C=O. The molecule has 0 atom stereocenters. The van der Waals surface area contributed by atoms with Gasteiger partial charge in [-0.05, 0) is 47.2 Å². The Morgan fingerprint density at radius 1 is 0.808 bits per heavy atom. The summed E-state index contributed by atoms with van der Waals surface area (Å²) < 4.78 is 11.6. The maximum absolute atomic E-state index is 9.18. The van der Waals surface area contributed by atoms with Crippen molar-refractivity contribution >= 4 is 24.3 Å². The van der Waals surface area contributed by atoms with Crippen molar-refractivity contribution in [1.82, 2.24) is 0 Å². The lowest BCUT2D eigenvalue weighted by molar-refractivity contribution is 0.480. The van der Waals surface area contributed by atoms with Crippen LogP contribution in [-0.4, -0.2) is 12.2 Å². The molecule has 2 aromatic carbocycles. The van der Waals surface area contributed by atoms with Gasteiger partial charge in [-0.1, -0.05) is 52.0 Å². The fourth-order valence-corrected chi connectivity index (χ4v) is 2.16. The van der Waals surface area contributed by atoms with Gasteiger partial charge in [0.1, 0.15) is 23.6 Å². The minimum absolute atomic E-state index is 0.456. The van der Waals surface area contributed by atoms with Crippen LogP contribution < -0.4 is 4.74 Å². The van der Waals surface area contributed by atoms with E-state index in [4.69, 9.17) is 4.74 Å². The molecule has 2 aromatic rings. The van der Waals surface area contributed by atoms with E-state index in [0.29, 0.717) is 24.0 Å². The van der Waals surface area contributed by atoms with Crippen molar-refractivity contribution < 1.29 is 14.3 Å². The van der Waals surface area contributed by atoms with Crippen LogP contribution in [0.2, 0.25) is 0 Å². The van der Waals surface area contributed by atoms with E-state index in [-0.39, 0.29) is 0 Å². The highest BCUT2D eigenvalue weighted by atomic mass is 32.2. The van der Waals surface area contributed by atoms with Crippen LogP contribution in [0.25, 0.3) is 0 Å². The first-order chi connectivity index (χ1) is 12.5. The third kappa shape index (κ3) is 7.95. The zero-order valence-corrected chi connectivity index (χ0v) is 16.1. The topological polar surface area (TPSA) is 68.1 Å².